The standard InChI is InChI=1S/C21H10BrCl2NO5S/c22-12-3-1-10(2-4-12)16(26)8-25-20(28)17(31-21(25)29)5-11-9-30-19-14(18(11)27)6-13(23)7-15(19)24/h1-7,9H,8H2/b17-5-. The molecule has 0 N–H and O–H groups in total. The molecule has 0 radical (unpaired) electrons. The van der Waals surface area contributed by atoms with E-state index in [0.717, 1.165) is 15.6 Å². The topological polar surface area (TPSA) is 84.7 Å². The van der Waals surface area contributed by atoms with Crippen LogP contribution >= 0.6 is 50.9 Å². The molecule has 0 atom stereocenters. The maximum absolute atomic E-state index is 12.8. The molecule has 3 aromatic rings. The molecule has 31 heavy (non-hydrogen) atoms. The summed E-state index contributed by atoms with van der Waals surface area (Å²) in [5, 5.41) is -0.0134. The molecule has 0 spiro atoms. The Balaban J connectivity index is 1.63. The van der Waals surface area contributed by atoms with Gasteiger partial charge in [-0.15, -0.1) is 0 Å². The Labute approximate surface area is 197 Å². The highest BCUT2D eigenvalue weighted by atomic mass is 79.9. The molecular formula is C21H10BrCl2NO5S. The molecule has 6 nitrogen and oxygen atoms in total. The molecular weight excluding hydrogens is 529 g/mol. The molecule has 1 aliphatic heterocycles. The highest BCUT2D eigenvalue weighted by molar-refractivity contribution is 9.10. The monoisotopic (exact) mass is 537 g/mol. The third-order valence-electron chi connectivity index (χ3n) is 4.45. The number of imide groups is 1. The second-order valence-corrected chi connectivity index (χ2v) is 9.23. The van der Waals surface area contributed by atoms with Gasteiger partial charge in [0, 0.05) is 15.1 Å². The van der Waals surface area contributed by atoms with E-state index in [4.69, 9.17) is 27.6 Å². The van der Waals surface area contributed by atoms with Crippen molar-refractivity contribution in [1.82, 2.24) is 4.90 Å². The summed E-state index contributed by atoms with van der Waals surface area (Å²) >= 11 is 15.9. The number of Topliss-reactive ketones (excluding diaryl/α,β-unsaturated/α-hetero) is 1. The minimum Gasteiger partial charge on any atom is -0.462 e. The van der Waals surface area contributed by atoms with Crippen LogP contribution in [0.25, 0.3) is 17.0 Å². The van der Waals surface area contributed by atoms with E-state index < -0.39 is 23.1 Å². The van der Waals surface area contributed by atoms with Gasteiger partial charge < -0.3 is 4.42 Å². The molecule has 1 saturated heterocycles. The van der Waals surface area contributed by atoms with Gasteiger partial charge in [-0.1, -0.05) is 51.3 Å². The van der Waals surface area contributed by atoms with Crippen molar-refractivity contribution in [1.29, 1.82) is 0 Å². The van der Waals surface area contributed by atoms with Gasteiger partial charge >= 0.3 is 0 Å². The minimum atomic E-state index is -0.663. The van der Waals surface area contributed by atoms with Crippen molar-refractivity contribution in [3.05, 3.63) is 83.4 Å². The Morgan fingerprint density at radius 2 is 1.84 bits per heavy atom. The summed E-state index contributed by atoms with van der Waals surface area (Å²) in [5.41, 5.74) is 0.135. The minimum absolute atomic E-state index is 0.00776. The van der Waals surface area contributed by atoms with Gasteiger partial charge in [0.15, 0.2) is 16.8 Å². The van der Waals surface area contributed by atoms with Crippen LogP contribution in [-0.4, -0.2) is 28.4 Å². The second-order valence-electron chi connectivity index (χ2n) is 6.48. The Morgan fingerprint density at radius 1 is 1.13 bits per heavy atom. The lowest BCUT2D eigenvalue weighted by Gasteiger charge is -2.11. The lowest BCUT2D eigenvalue weighted by atomic mass is 10.1. The number of benzene rings is 2. The highest BCUT2D eigenvalue weighted by Crippen LogP contribution is 2.33. The fourth-order valence-corrected chi connectivity index (χ4v) is 4.56. The highest BCUT2D eigenvalue weighted by Gasteiger charge is 2.36. The third kappa shape index (κ3) is 4.34. The van der Waals surface area contributed by atoms with E-state index in [0.29, 0.717) is 17.3 Å². The Kier molecular flexibility index (Phi) is 6.07. The summed E-state index contributed by atoms with van der Waals surface area (Å²) in [7, 11) is 0. The number of fused-ring (bicyclic) bond motifs is 1. The zero-order chi connectivity index (χ0) is 22.3. The van der Waals surface area contributed by atoms with E-state index in [1.54, 1.807) is 24.3 Å². The lowest BCUT2D eigenvalue weighted by molar-refractivity contribution is -0.122. The smallest absolute Gasteiger partial charge is 0.293 e. The molecule has 2 amide bonds. The number of halogens is 3. The van der Waals surface area contributed by atoms with E-state index in [1.165, 1.54) is 18.2 Å². The molecule has 10 heteroatoms. The van der Waals surface area contributed by atoms with Crippen molar-refractivity contribution in [3.8, 4) is 0 Å². The summed E-state index contributed by atoms with van der Waals surface area (Å²) in [6, 6.07) is 9.43. The normalized spacial score (nSPS) is 15.3. The zero-order valence-corrected chi connectivity index (χ0v) is 19.3. The van der Waals surface area contributed by atoms with Crippen LogP contribution in [-0.2, 0) is 4.79 Å². The summed E-state index contributed by atoms with van der Waals surface area (Å²) < 4.78 is 6.23. The molecule has 1 aromatic heterocycles. The van der Waals surface area contributed by atoms with Gasteiger partial charge in [-0.2, -0.15) is 0 Å². The number of hydrogen-bond acceptors (Lipinski definition) is 6. The first-order valence-electron chi connectivity index (χ1n) is 8.69. The van der Waals surface area contributed by atoms with Crippen LogP contribution < -0.4 is 5.43 Å². The Morgan fingerprint density at radius 3 is 2.55 bits per heavy atom. The second kappa shape index (κ2) is 8.63. The molecule has 0 unspecified atom stereocenters. The van der Waals surface area contributed by atoms with Crippen LogP contribution in [0.4, 0.5) is 4.79 Å². The van der Waals surface area contributed by atoms with Gasteiger partial charge in [0.05, 0.1) is 27.4 Å². The predicted molar refractivity (Wildman–Crippen MR) is 124 cm³/mol. The van der Waals surface area contributed by atoms with E-state index >= 15 is 0 Å². The molecule has 4 rings (SSSR count). The van der Waals surface area contributed by atoms with E-state index in [9.17, 15) is 19.2 Å². The predicted octanol–water partition coefficient (Wildman–Crippen LogP) is 5.78. The molecule has 2 aromatic carbocycles. The van der Waals surface area contributed by atoms with Crippen molar-refractivity contribution in [2.45, 2.75) is 0 Å². The van der Waals surface area contributed by atoms with Crippen molar-refractivity contribution >= 4 is 84.9 Å². The number of thioether (sulfide) groups is 1. The SMILES string of the molecule is O=C(CN1C(=O)S/C(=C\c2coc3c(Cl)cc(Cl)cc3c2=O)C1=O)c1ccc(Br)cc1. The molecule has 0 saturated carbocycles. The number of rotatable bonds is 4. The number of nitrogens with zero attached hydrogens (tertiary/aromatic N) is 1. The van der Waals surface area contributed by atoms with Gasteiger partial charge in [-0.25, -0.2) is 0 Å². The van der Waals surface area contributed by atoms with Gasteiger partial charge in [0.2, 0.25) is 0 Å². The fourth-order valence-electron chi connectivity index (χ4n) is 2.93. The fraction of sp³-hybridized carbons (Fsp3) is 0.0476. The third-order valence-corrected chi connectivity index (χ3v) is 6.38. The van der Waals surface area contributed by atoms with Gasteiger partial charge in [0.25, 0.3) is 11.1 Å². The first-order valence-corrected chi connectivity index (χ1v) is 11.1. The summed E-state index contributed by atoms with van der Waals surface area (Å²) in [5.74, 6) is -1.05. The Bertz CT molecular complexity index is 1350. The van der Waals surface area contributed by atoms with Crippen molar-refractivity contribution in [2.75, 3.05) is 6.54 Å². The van der Waals surface area contributed by atoms with Crippen molar-refractivity contribution in [3.63, 3.8) is 0 Å². The molecule has 1 aliphatic rings. The Hall–Kier alpha value is -2.39. The average Bonchev–Trinajstić information content (AvgIpc) is 2.98. The number of carbonyl (C=O) groups is 3. The van der Waals surface area contributed by atoms with Crippen LogP contribution in [0.5, 0.6) is 0 Å². The number of hydrogen-bond donors (Lipinski definition) is 0. The van der Waals surface area contributed by atoms with Crippen molar-refractivity contribution < 1.29 is 18.8 Å². The zero-order valence-electron chi connectivity index (χ0n) is 15.4. The molecule has 0 aliphatic carbocycles. The molecule has 156 valence electrons. The quantitative estimate of drug-likeness (QED) is 0.309. The number of carbonyl (C=O) groups excluding carboxylic acids is 3. The van der Waals surface area contributed by atoms with E-state index in [2.05, 4.69) is 15.9 Å². The summed E-state index contributed by atoms with van der Waals surface area (Å²) in [4.78, 5) is 51.1. The van der Waals surface area contributed by atoms with Crippen LogP contribution in [0.2, 0.25) is 10.0 Å². The molecule has 1 fully saturated rings. The first kappa shape index (κ1) is 21.8. The van der Waals surface area contributed by atoms with E-state index in [1.807, 2.05) is 0 Å². The maximum Gasteiger partial charge on any atom is 0.293 e. The number of ketones is 1. The average molecular weight is 539 g/mol. The molecule has 0 bridgehead atoms. The largest absolute Gasteiger partial charge is 0.462 e. The van der Waals surface area contributed by atoms with Crippen molar-refractivity contribution in [2.24, 2.45) is 0 Å². The first-order chi connectivity index (χ1) is 14.7. The van der Waals surface area contributed by atoms with Gasteiger partial charge in [0.1, 0.15) is 6.26 Å². The van der Waals surface area contributed by atoms with Crippen LogP contribution in [0.1, 0.15) is 15.9 Å². The van der Waals surface area contributed by atoms with E-state index in [-0.39, 0.29) is 37.3 Å². The number of amides is 2. The van der Waals surface area contributed by atoms with Crippen LogP contribution in [0, 0.1) is 0 Å². The van der Waals surface area contributed by atoms with Gasteiger partial charge in [-0.3, -0.25) is 24.1 Å². The maximum atomic E-state index is 12.8. The lowest BCUT2D eigenvalue weighted by Crippen LogP contribution is -2.33. The summed E-state index contributed by atoms with van der Waals surface area (Å²) in [6.07, 6.45) is 2.42. The van der Waals surface area contributed by atoms with Crippen LogP contribution in [0.3, 0.4) is 0 Å². The van der Waals surface area contributed by atoms with Crippen LogP contribution in [0.15, 0.2) is 61.3 Å². The van der Waals surface area contributed by atoms with Gasteiger partial charge in [-0.05, 0) is 42.1 Å². The molecule has 2 heterocycles. The summed E-state index contributed by atoms with van der Waals surface area (Å²) in [6.45, 7) is -0.402.